The number of furan rings is 1. The summed E-state index contributed by atoms with van der Waals surface area (Å²) in [5.74, 6) is 1.77. The quantitative estimate of drug-likeness (QED) is 0.345. The molecule has 1 N–H and O–H groups in total. The molecule has 31 heavy (non-hydrogen) atoms. The molecule has 7 nitrogen and oxygen atoms in total. The van der Waals surface area contributed by atoms with Gasteiger partial charge >= 0.3 is 5.91 Å². The fraction of sp³-hybridized carbons (Fsp3) is 0.167. The van der Waals surface area contributed by atoms with Gasteiger partial charge in [-0.2, -0.15) is 5.10 Å². The van der Waals surface area contributed by atoms with Crippen LogP contribution in [0.3, 0.4) is 0 Å². The van der Waals surface area contributed by atoms with Crippen LogP contribution in [-0.4, -0.2) is 32.9 Å². The highest BCUT2D eigenvalue weighted by molar-refractivity contribution is 6.04. The van der Waals surface area contributed by atoms with Crippen molar-refractivity contribution in [3.8, 4) is 17.2 Å². The van der Waals surface area contributed by atoms with Crippen molar-refractivity contribution in [3.05, 3.63) is 65.9 Å². The molecule has 4 rings (SSSR count). The number of fused-ring (bicyclic) bond motifs is 2. The first kappa shape index (κ1) is 20.3. The van der Waals surface area contributed by atoms with Crippen molar-refractivity contribution in [2.75, 3.05) is 20.8 Å². The molecule has 158 valence electrons. The van der Waals surface area contributed by atoms with E-state index in [4.69, 9.17) is 18.6 Å². The highest BCUT2D eigenvalue weighted by atomic mass is 16.5. The first-order chi connectivity index (χ1) is 15.1. The second-order valence-electron chi connectivity index (χ2n) is 6.71. The van der Waals surface area contributed by atoms with Crippen molar-refractivity contribution < 1.29 is 23.4 Å². The van der Waals surface area contributed by atoms with Gasteiger partial charge in [0.15, 0.2) is 5.76 Å². The highest BCUT2D eigenvalue weighted by Crippen LogP contribution is 2.29. The molecule has 1 amide bonds. The minimum atomic E-state index is -0.456. The fourth-order valence-corrected chi connectivity index (χ4v) is 3.34. The maximum Gasteiger partial charge on any atom is 0.307 e. The van der Waals surface area contributed by atoms with E-state index in [0.717, 1.165) is 27.5 Å². The normalized spacial score (nSPS) is 11.2. The van der Waals surface area contributed by atoms with Gasteiger partial charge in [-0.05, 0) is 60.2 Å². The van der Waals surface area contributed by atoms with Crippen LogP contribution in [0.25, 0.3) is 21.7 Å². The van der Waals surface area contributed by atoms with Gasteiger partial charge in [-0.15, -0.1) is 0 Å². The summed E-state index contributed by atoms with van der Waals surface area (Å²) in [6.07, 6.45) is 1.55. The SMILES string of the molecule is CCOc1ccc2oc(C(=O)N/N=C/c3c(OC)ccc4ccc(OC)cc34)cc2c1. The summed E-state index contributed by atoms with van der Waals surface area (Å²) in [5, 5.41) is 6.79. The molecular weight excluding hydrogens is 396 g/mol. The lowest BCUT2D eigenvalue weighted by Gasteiger charge is -2.10. The number of carbonyl (C=O) groups excluding carboxylic acids is 1. The zero-order valence-corrected chi connectivity index (χ0v) is 17.5. The molecule has 0 spiro atoms. The monoisotopic (exact) mass is 418 g/mol. The van der Waals surface area contributed by atoms with E-state index >= 15 is 0 Å². The molecule has 1 heterocycles. The van der Waals surface area contributed by atoms with Gasteiger partial charge in [-0.3, -0.25) is 4.79 Å². The molecule has 0 bridgehead atoms. The molecular formula is C24H22N2O5. The van der Waals surface area contributed by atoms with E-state index in [1.807, 2.05) is 43.3 Å². The number of ether oxygens (including phenoxy) is 3. The minimum Gasteiger partial charge on any atom is -0.497 e. The van der Waals surface area contributed by atoms with Crippen LogP contribution in [0.15, 0.2) is 64.1 Å². The first-order valence-electron chi connectivity index (χ1n) is 9.77. The summed E-state index contributed by atoms with van der Waals surface area (Å²) in [6.45, 7) is 2.48. The van der Waals surface area contributed by atoms with E-state index < -0.39 is 5.91 Å². The summed E-state index contributed by atoms with van der Waals surface area (Å²) in [5.41, 5.74) is 3.84. The maximum absolute atomic E-state index is 12.5. The average molecular weight is 418 g/mol. The van der Waals surface area contributed by atoms with Gasteiger partial charge in [-0.25, -0.2) is 5.43 Å². The molecule has 4 aromatic rings. The number of hydrogen-bond donors (Lipinski definition) is 1. The van der Waals surface area contributed by atoms with Gasteiger partial charge in [0, 0.05) is 10.9 Å². The molecule has 0 aliphatic carbocycles. The number of hydrazone groups is 1. The molecule has 0 aliphatic heterocycles. The summed E-state index contributed by atoms with van der Waals surface area (Å²) in [6, 6.07) is 16.6. The number of benzene rings is 3. The molecule has 0 aliphatic rings. The number of amides is 1. The van der Waals surface area contributed by atoms with Crippen LogP contribution in [0.2, 0.25) is 0 Å². The number of methoxy groups -OCH3 is 2. The second kappa shape index (κ2) is 8.79. The predicted molar refractivity (Wildman–Crippen MR) is 119 cm³/mol. The van der Waals surface area contributed by atoms with E-state index in [1.54, 1.807) is 38.6 Å². The molecule has 1 aromatic heterocycles. The summed E-state index contributed by atoms with van der Waals surface area (Å²) < 4.78 is 21.9. The molecule has 0 fully saturated rings. The van der Waals surface area contributed by atoms with E-state index in [9.17, 15) is 4.79 Å². The van der Waals surface area contributed by atoms with Crippen molar-refractivity contribution in [2.45, 2.75) is 6.92 Å². The second-order valence-corrected chi connectivity index (χ2v) is 6.71. The van der Waals surface area contributed by atoms with Gasteiger partial charge < -0.3 is 18.6 Å². The zero-order chi connectivity index (χ0) is 21.8. The van der Waals surface area contributed by atoms with Crippen molar-refractivity contribution >= 4 is 33.9 Å². The lowest BCUT2D eigenvalue weighted by Crippen LogP contribution is -2.16. The maximum atomic E-state index is 12.5. The van der Waals surface area contributed by atoms with Crippen molar-refractivity contribution in [3.63, 3.8) is 0 Å². The van der Waals surface area contributed by atoms with Crippen LogP contribution in [0, 0.1) is 0 Å². The molecule has 0 saturated heterocycles. The molecule has 3 aromatic carbocycles. The van der Waals surface area contributed by atoms with Crippen LogP contribution in [-0.2, 0) is 0 Å². The third kappa shape index (κ3) is 4.16. The predicted octanol–water partition coefficient (Wildman–Crippen LogP) is 4.77. The van der Waals surface area contributed by atoms with Crippen LogP contribution in [0.5, 0.6) is 17.2 Å². The van der Waals surface area contributed by atoms with Crippen molar-refractivity contribution in [1.82, 2.24) is 5.43 Å². The van der Waals surface area contributed by atoms with Crippen LogP contribution >= 0.6 is 0 Å². The molecule has 7 heteroatoms. The standard InChI is InChI=1S/C24H22N2O5/c1-4-30-18-8-10-21-16(11-18)12-23(31-21)24(27)26-25-14-20-19-13-17(28-2)7-5-15(19)6-9-22(20)29-3/h5-14H,4H2,1-3H3,(H,26,27)/b25-14+. The van der Waals surface area contributed by atoms with E-state index in [1.165, 1.54) is 0 Å². The van der Waals surface area contributed by atoms with E-state index in [2.05, 4.69) is 10.5 Å². The smallest absolute Gasteiger partial charge is 0.307 e. The molecule has 0 radical (unpaired) electrons. The minimum absolute atomic E-state index is 0.160. The Bertz CT molecular complexity index is 1270. The summed E-state index contributed by atoms with van der Waals surface area (Å²) >= 11 is 0. The first-order valence-corrected chi connectivity index (χ1v) is 9.77. The lowest BCUT2D eigenvalue weighted by molar-refractivity contribution is 0.0929. The topological polar surface area (TPSA) is 82.3 Å². The summed E-state index contributed by atoms with van der Waals surface area (Å²) in [7, 11) is 3.20. The number of hydrogen-bond acceptors (Lipinski definition) is 6. The van der Waals surface area contributed by atoms with Crippen molar-refractivity contribution in [2.24, 2.45) is 5.10 Å². The molecule has 0 atom stereocenters. The fourth-order valence-electron chi connectivity index (χ4n) is 3.34. The average Bonchev–Trinajstić information content (AvgIpc) is 3.22. The molecule has 0 unspecified atom stereocenters. The van der Waals surface area contributed by atoms with Gasteiger partial charge in [0.05, 0.1) is 27.0 Å². The zero-order valence-electron chi connectivity index (χ0n) is 17.5. The Hall–Kier alpha value is -4.00. The van der Waals surface area contributed by atoms with Gasteiger partial charge in [0.1, 0.15) is 22.8 Å². The number of nitrogens with zero attached hydrogens (tertiary/aromatic N) is 1. The van der Waals surface area contributed by atoms with Crippen molar-refractivity contribution in [1.29, 1.82) is 0 Å². The Labute approximate surface area is 179 Å². The van der Waals surface area contributed by atoms with Crippen LogP contribution in [0.4, 0.5) is 0 Å². The Morgan fingerprint density at radius 1 is 1.00 bits per heavy atom. The van der Waals surface area contributed by atoms with Gasteiger partial charge in [-0.1, -0.05) is 12.1 Å². The van der Waals surface area contributed by atoms with Gasteiger partial charge in [0.2, 0.25) is 0 Å². The third-order valence-corrected chi connectivity index (χ3v) is 4.83. The van der Waals surface area contributed by atoms with E-state index in [-0.39, 0.29) is 5.76 Å². The number of carbonyl (C=O) groups is 1. The van der Waals surface area contributed by atoms with Gasteiger partial charge in [0.25, 0.3) is 0 Å². The Balaban J connectivity index is 1.58. The Kier molecular flexibility index (Phi) is 5.75. The van der Waals surface area contributed by atoms with Crippen LogP contribution < -0.4 is 19.6 Å². The largest absolute Gasteiger partial charge is 0.497 e. The van der Waals surface area contributed by atoms with E-state index in [0.29, 0.717) is 23.7 Å². The Morgan fingerprint density at radius 3 is 2.58 bits per heavy atom. The molecule has 0 saturated carbocycles. The van der Waals surface area contributed by atoms with Crippen LogP contribution in [0.1, 0.15) is 23.0 Å². The third-order valence-electron chi connectivity index (χ3n) is 4.83. The lowest BCUT2D eigenvalue weighted by atomic mass is 10.0. The number of nitrogens with one attached hydrogen (secondary N) is 1. The Morgan fingerprint density at radius 2 is 1.81 bits per heavy atom. The highest BCUT2D eigenvalue weighted by Gasteiger charge is 2.13. The number of rotatable bonds is 7. The summed E-state index contributed by atoms with van der Waals surface area (Å²) in [4.78, 5) is 12.5.